The number of aromatic nitrogens is 1. The molecule has 1 N–H and O–H groups in total. The van der Waals surface area contributed by atoms with Crippen LogP contribution >= 0.6 is 11.3 Å². The van der Waals surface area contributed by atoms with Crippen LogP contribution in [0.25, 0.3) is 0 Å². The molecule has 1 unspecified atom stereocenters. The van der Waals surface area contributed by atoms with E-state index in [2.05, 4.69) is 52.9 Å². The average molecular weight is 258 g/mol. The number of hydrogen-bond acceptors (Lipinski definition) is 3. The Kier molecular flexibility index (Phi) is 3.43. The minimum absolute atomic E-state index is 0.448. The van der Waals surface area contributed by atoms with Gasteiger partial charge >= 0.3 is 0 Å². The lowest BCUT2D eigenvalue weighted by molar-refractivity contribution is 0.478. The van der Waals surface area contributed by atoms with Crippen molar-refractivity contribution in [1.82, 2.24) is 10.3 Å². The van der Waals surface area contributed by atoms with Crippen LogP contribution in [0.4, 0.5) is 0 Å². The molecule has 0 amide bonds. The Morgan fingerprint density at radius 1 is 1.33 bits per heavy atom. The number of nitrogens with zero attached hydrogens (tertiary/aromatic N) is 1. The zero-order valence-electron chi connectivity index (χ0n) is 10.6. The highest BCUT2D eigenvalue weighted by Crippen LogP contribution is 2.41. The van der Waals surface area contributed by atoms with E-state index in [1.165, 1.54) is 23.4 Å². The second kappa shape index (κ2) is 5.21. The third kappa shape index (κ3) is 2.79. The summed E-state index contributed by atoms with van der Waals surface area (Å²) < 4.78 is 0. The van der Waals surface area contributed by atoms with E-state index in [4.69, 9.17) is 0 Å². The van der Waals surface area contributed by atoms with E-state index >= 15 is 0 Å². The predicted molar refractivity (Wildman–Crippen MR) is 75.6 cm³/mol. The van der Waals surface area contributed by atoms with Crippen molar-refractivity contribution in [2.75, 3.05) is 0 Å². The molecule has 3 rings (SSSR count). The van der Waals surface area contributed by atoms with Crippen LogP contribution in [0.2, 0.25) is 0 Å². The van der Waals surface area contributed by atoms with Gasteiger partial charge in [-0.3, -0.25) is 0 Å². The number of rotatable bonds is 5. The van der Waals surface area contributed by atoms with Gasteiger partial charge in [0.15, 0.2) is 0 Å². The van der Waals surface area contributed by atoms with E-state index in [1.54, 1.807) is 11.3 Å². The predicted octanol–water partition coefficient (Wildman–Crippen LogP) is 3.69. The molecule has 0 spiro atoms. The fraction of sp³-hybridized carbons (Fsp3) is 0.400. The molecular weight excluding hydrogens is 240 g/mol. The maximum Gasteiger partial charge on any atom is 0.110 e. The summed E-state index contributed by atoms with van der Waals surface area (Å²) >= 11 is 1.79. The van der Waals surface area contributed by atoms with E-state index in [1.807, 2.05) is 0 Å². The van der Waals surface area contributed by atoms with Crippen molar-refractivity contribution >= 4 is 11.3 Å². The second-order valence-electron chi connectivity index (χ2n) is 5.01. The number of aryl methyl sites for hydroxylation is 1. The minimum atomic E-state index is 0.448. The highest BCUT2D eigenvalue weighted by Gasteiger charge is 2.33. The molecule has 1 fully saturated rings. The maximum absolute atomic E-state index is 4.64. The van der Waals surface area contributed by atoms with Crippen LogP contribution in [0.5, 0.6) is 0 Å². The SMILES string of the molecule is Cc1csc(C(NCc2ccccc2)C2CC2)n1. The lowest BCUT2D eigenvalue weighted by Crippen LogP contribution is -2.22. The molecule has 0 aliphatic heterocycles. The summed E-state index contributed by atoms with van der Waals surface area (Å²) in [5.74, 6) is 0.791. The third-order valence-corrected chi connectivity index (χ3v) is 4.41. The fourth-order valence-corrected chi connectivity index (χ4v) is 3.19. The highest BCUT2D eigenvalue weighted by atomic mass is 32.1. The van der Waals surface area contributed by atoms with E-state index in [0.717, 1.165) is 18.2 Å². The van der Waals surface area contributed by atoms with Crippen molar-refractivity contribution in [2.45, 2.75) is 32.4 Å². The molecule has 18 heavy (non-hydrogen) atoms. The van der Waals surface area contributed by atoms with Gasteiger partial charge in [0.25, 0.3) is 0 Å². The summed E-state index contributed by atoms with van der Waals surface area (Å²) in [6.45, 7) is 3.00. The molecular formula is C15H18N2S. The van der Waals surface area contributed by atoms with Crippen LogP contribution in [-0.4, -0.2) is 4.98 Å². The molecule has 1 saturated carbocycles. The molecule has 0 radical (unpaired) electrons. The zero-order chi connectivity index (χ0) is 12.4. The Morgan fingerprint density at radius 2 is 2.11 bits per heavy atom. The molecule has 94 valence electrons. The molecule has 1 aliphatic rings. The van der Waals surface area contributed by atoms with Crippen LogP contribution in [0.3, 0.4) is 0 Å². The van der Waals surface area contributed by atoms with Crippen LogP contribution < -0.4 is 5.32 Å². The molecule has 3 heteroatoms. The standard InChI is InChI=1S/C15H18N2S/c1-11-10-18-15(17-11)14(13-7-8-13)16-9-12-5-3-2-4-6-12/h2-6,10,13-14,16H,7-9H2,1H3. The van der Waals surface area contributed by atoms with Gasteiger partial charge in [-0.25, -0.2) is 4.98 Å². The average Bonchev–Trinajstić information content (AvgIpc) is 3.14. The number of thiazole rings is 1. The van der Waals surface area contributed by atoms with Crippen molar-refractivity contribution in [3.63, 3.8) is 0 Å². The van der Waals surface area contributed by atoms with Gasteiger partial charge in [-0.1, -0.05) is 30.3 Å². The molecule has 1 aliphatic carbocycles. The first kappa shape index (κ1) is 11.9. The first-order valence-corrected chi connectivity index (χ1v) is 7.40. The molecule has 1 heterocycles. The van der Waals surface area contributed by atoms with Crippen LogP contribution in [-0.2, 0) is 6.54 Å². The normalized spacial score (nSPS) is 16.7. The summed E-state index contributed by atoms with van der Waals surface area (Å²) in [6.07, 6.45) is 2.68. The second-order valence-corrected chi connectivity index (χ2v) is 5.90. The summed E-state index contributed by atoms with van der Waals surface area (Å²) in [5.41, 5.74) is 2.48. The summed E-state index contributed by atoms with van der Waals surface area (Å²) in [4.78, 5) is 4.64. The molecule has 0 saturated heterocycles. The Morgan fingerprint density at radius 3 is 2.72 bits per heavy atom. The van der Waals surface area contributed by atoms with Gasteiger partial charge in [0.2, 0.25) is 0 Å². The Hall–Kier alpha value is -1.19. The van der Waals surface area contributed by atoms with E-state index < -0.39 is 0 Å². The quantitative estimate of drug-likeness (QED) is 0.884. The topological polar surface area (TPSA) is 24.9 Å². The van der Waals surface area contributed by atoms with Crippen molar-refractivity contribution in [3.8, 4) is 0 Å². The Bertz CT molecular complexity index is 502. The Labute approximate surface area is 112 Å². The minimum Gasteiger partial charge on any atom is -0.304 e. The fourth-order valence-electron chi connectivity index (χ4n) is 2.22. The highest BCUT2D eigenvalue weighted by molar-refractivity contribution is 7.09. The monoisotopic (exact) mass is 258 g/mol. The lowest BCUT2D eigenvalue weighted by Gasteiger charge is -2.15. The van der Waals surface area contributed by atoms with E-state index in [9.17, 15) is 0 Å². The molecule has 2 nitrogen and oxygen atoms in total. The first-order chi connectivity index (χ1) is 8.83. The molecule has 0 bridgehead atoms. The third-order valence-electron chi connectivity index (χ3n) is 3.37. The van der Waals surface area contributed by atoms with Gasteiger partial charge in [0.1, 0.15) is 5.01 Å². The van der Waals surface area contributed by atoms with Gasteiger partial charge in [-0.05, 0) is 31.2 Å². The van der Waals surface area contributed by atoms with Crippen LogP contribution in [0.1, 0.15) is 35.1 Å². The molecule has 2 aromatic rings. The first-order valence-electron chi connectivity index (χ1n) is 6.52. The largest absolute Gasteiger partial charge is 0.304 e. The number of benzene rings is 1. The lowest BCUT2D eigenvalue weighted by atomic mass is 10.1. The van der Waals surface area contributed by atoms with Crippen LogP contribution in [0.15, 0.2) is 35.7 Å². The maximum atomic E-state index is 4.64. The van der Waals surface area contributed by atoms with Crippen LogP contribution in [0, 0.1) is 12.8 Å². The molecule has 1 aromatic carbocycles. The van der Waals surface area contributed by atoms with Gasteiger partial charge in [-0.2, -0.15) is 0 Å². The van der Waals surface area contributed by atoms with Gasteiger partial charge in [-0.15, -0.1) is 11.3 Å². The summed E-state index contributed by atoms with van der Waals surface area (Å²) in [6, 6.07) is 11.0. The van der Waals surface area contributed by atoms with Crippen molar-refractivity contribution in [1.29, 1.82) is 0 Å². The van der Waals surface area contributed by atoms with Gasteiger partial charge in [0.05, 0.1) is 6.04 Å². The number of nitrogens with one attached hydrogen (secondary N) is 1. The smallest absolute Gasteiger partial charge is 0.110 e. The van der Waals surface area contributed by atoms with Gasteiger partial charge in [0, 0.05) is 17.6 Å². The van der Waals surface area contributed by atoms with Gasteiger partial charge < -0.3 is 5.32 Å². The molecule has 1 aromatic heterocycles. The van der Waals surface area contributed by atoms with Crippen molar-refractivity contribution in [2.24, 2.45) is 5.92 Å². The summed E-state index contributed by atoms with van der Waals surface area (Å²) in [5, 5.41) is 7.08. The summed E-state index contributed by atoms with van der Waals surface area (Å²) in [7, 11) is 0. The van der Waals surface area contributed by atoms with Crippen molar-refractivity contribution in [3.05, 3.63) is 52.0 Å². The van der Waals surface area contributed by atoms with E-state index in [-0.39, 0.29) is 0 Å². The van der Waals surface area contributed by atoms with E-state index in [0.29, 0.717) is 6.04 Å². The molecule has 1 atom stereocenters. The van der Waals surface area contributed by atoms with Crippen molar-refractivity contribution < 1.29 is 0 Å². The number of hydrogen-bond donors (Lipinski definition) is 1. The Balaban J connectivity index is 1.68. The zero-order valence-corrected chi connectivity index (χ0v) is 11.4.